The zero-order chi connectivity index (χ0) is 13.8. The van der Waals surface area contributed by atoms with Crippen LogP contribution in [0.25, 0.3) is 0 Å². The molecule has 1 N–H and O–H groups in total. The van der Waals surface area contributed by atoms with Gasteiger partial charge in [-0.2, -0.15) is 0 Å². The Bertz CT molecular complexity index is 432. The van der Waals surface area contributed by atoms with Crippen LogP contribution in [0.5, 0.6) is 0 Å². The van der Waals surface area contributed by atoms with Crippen molar-refractivity contribution in [3.8, 4) is 0 Å². The van der Waals surface area contributed by atoms with Crippen LogP contribution in [-0.2, 0) is 4.79 Å². The molecule has 4 heteroatoms. The lowest BCUT2D eigenvalue weighted by molar-refractivity contribution is -0.130. The van der Waals surface area contributed by atoms with Gasteiger partial charge in [-0.1, -0.05) is 31.9 Å². The normalized spacial score (nSPS) is 20.9. The summed E-state index contributed by atoms with van der Waals surface area (Å²) in [6, 6.07) is 6.57. The molecule has 0 bridgehead atoms. The largest absolute Gasteiger partial charge is 0.319 e. The first-order valence-electron chi connectivity index (χ1n) is 6.93. The molecule has 1 fully saturated rings. The van der Waals surface area contributed by atoms with Crippen LogP contribution in [0.2, 0.25) is 0 Å². The zero-order valence-electron chi connectivity index (χ0n) is 11.5. The molecule has 0 aliphatic carbocycles. The number of hydrogen-bond donors (Lipinski definition) is 1. The van der Waals surface area contributed by atoms with E-state index >= 15 is 0 Å². The number of nitrogens with one attached hydrogen (secondary N) is 1. The third-order valence-electron chi connectivity index (χ3n) is 3.65. The van der Waals surface area contributed by atoms with Crippen molar-refractivity contribution in [1.29, 1.82) is 0 Å². The van der Waals surface area contributed by atoms with Crippen molar-refractivity contribution in [3.63, 3.8) is 0 Å². The molecule has 1 aliphatic heterocycles. The number of carbonyl (C=O) groups excluding carboxylic acids is 1. The van der Waals surface area contributed by atoms with Gasteiger partial charge < -0.3 is 4.90 Å². The Balaban J connectivity index is 2.14. The van der Waals surface area contributed by atoms with Crippen molar-refractivity contribution in [2.75, 3.05) is 6.54 Å². The second kappa shape index (κ2) is 6.15. The van der Waals surface area contributed by atoms with Crippen LogP contribution in [0.3, 0.4) is 0 Å². The van der Waals surface area contributed by atoms with Crippen LogP contribution in [0.4, 0.5) is 4.39 Å². The fourth-order valence-electron chi connectivity index (χ4n) is 2.58. The summed E-state index contributed by atoms with van der Waals surface area (Å²) in [6.07, 6.45) is 3.11. The van der Waals surface area contributed by atoms with Crippen molar-refractivity contribution in [2.24, 2.45) is 0 Å². The maximum absolute atomic E-state index is 13.0. The van der Waals surface area contributed by atoms with Gasteiger partial charge in [0.1, 0.15) is 12.0 Å². The Morgan fingerprint density at radius 1 is 1.42 bits per heavy atom. The summed E-state index contributed by atoms with van der Waals surface area (Å²) < 4.78 is 13.0. The van der Waals surface area contributed by atoms with Crippen LogP contribution >= 0.6 is 0 Å². The molecule has 1 saturated heterocycles. The Labute approximate surface area is 113 Å². The predicted octanol–water partition coefficient (Wildman–Crippen LogP) is 2.83. The highest BCUT2D eigenvalue weighted by atomic mass is 19.1. The van der Waals surface area contributed by atoms with Crippen LogP contribution in [-0.4, -0.2) is 23.4 Å². The number of unbranched alkanes of at least 4 members (excludes halogenated alkanes) is 1. The fraction of sp³-hybridized carbons (Fsp3) is 0.533. The number of nitrogens with zero attached hydrogens (tertiary/aromatic N) is 1. The van der Waals surface area contributed by atoms with E-state index in [2.05, 4.69) is 19.2 Å². The van der Waals surface area contributed by atoms with Crippen LogP contribution in [0.15, 0.2) is 24.3 Å². The molecule has 0 radical (unpaired) electrons. The molecule has 2 rings (SSSR count). The van der Waals surface area contributed by atoms with Crippen molar-refractivity contribution < 1.29 is 9.18 Å². The van der Waals surface area contributed by atoms with Gasteiger partial charge in [0, 0.05) is 6.04 Å². The van der Waals surface area contributed by atoms with Gasteiger partial charge in [-0.3, -0.25) is 10.1 Å². The number of halogens is 1. The van der Waals surface area contributed by atoms with E-state index in [1.165, 1.54) is 12.1 Å². The van der Waals surface area contributed by atoms with Gasteiger partial charge >= 0.3 is 0 Å². The van der Waals surface area contributed by atoms with Gasteiger partial charge in [0.2, 0.25) is 5.91 Å². The molecule has 0 saturated carbocycles. The summed E-state index contributed by atoms with van der Waals surface area (Å²) in [6.45, 7) is 4.59. The van der Waals surface area contributed by atoms with E-state index in [4.69, 9.17) is 0 Å². The van der Waals surface area contributed by atoms with Crippen LogP contribution < -0.4 is 5.32 Å². The van der Waals surface area contributed by atoms with Crippen molar-refractivity contribution in [1.82, 2.24) is 10.2 Å². The maximum Gasteiger partial charge on any atom is 0.238 e. The molecular formula is C15H21FN2O. The third kappa shape index (κ3) is 3.13. The minimum Gasteiger partial charge on any atom is -0.319 e. The monoisotopic (exact) mass is 264 g/mol. The zero-order valence-corrected chi connectivity index (χ0v) is 11.5. The van der Waals surface area contributed by atoms with Gasteiger partial charge in [0.25, 0.3) is 0 Å². The summed E-state index contributed by atoms with van der Waals surface area (Å²) in [4.78, 5) is 13.9. The van der Waals surface area contributed by atoms with Gasteiger partial charge in [-0.25, -0.2) is 4.39 Å². The standard InChI is InChI=1S/C15H21FN2O/c1-3-4-5-11(2)18-14(19)10-17-15(18)12-6-8-13(16)9-7-12/h6-9,11,15,17H,3-5,10H2,1-2H3. The van der Waals surface area contributed by atoms with Crippen molar-refractivity contribution in [2.45, 2.75) is 45.3 Å². The van der Waals surface area contributed by atoms with E-state index in [1.807, 2.05) is 4.90 Å². The van der Waals surface area contributed by atoms with Crippen molar-refractivity contribution in [3.05, 3.63) is 35.6 Å². The summed E-state index contributed by atoms with van der Waals surface area (Å²) >= 11 is 0. The second-order valence-corrected chi connectivity index (χ2v) is 5.13. The maximum atomic E-state index is 13.0. The Morgan fingerprint density at radius 3 is 2.74 bits per heavy atom. The highest BCUT2D eigenvalue weighted by Gasteiger charge is 2.34. The number of benzene rings is 1. The molecule has 2 unspecified atom stereocenters. The lowest BCUT2D eigenvalue weighted by Gasteiger charge is -2.30. The van der Waals surface area contributed by atoms with Gasteiger partial charge in [0.05, 0.1) is 6.54 Å². The average molecular weight is 264 g/mol. The smallest absolute Gasteiger partial charge is 0.238 e. The van der Waals surface area contributed by atoms with E-state index < -0.39 is 0 Å². The Morgan fingerprint density at radius 2 is 2.11 bits per heavy atom. The summed E-state index contributed by atoms with van der Waals surface area (Å²) in [5.41, 5.74) is 0.940. The van der Waals surface area contributed by atoms with E-state index in [0.29, 0.717) is 6.54 Å². The minimum absolute atomic E-state index is 0.123. The molecule has 1 heterocycles. The van der Waals surface area contributed by atoms with E-state index in [1.54, 1.807) is 12.1 Å². The lowest BCUT2D eigenvalue weighted by Crippen LogP contribution is -2.37. The van der Waals surface area contributed by atoms with Gasteiger partial charge in [-0.05, 0) is 31.0 Å². The average Bonchev–Trinajstić information content (AvgIpc) is 2.79. The molecule has 1 aromatic carbocycles. The number of hydrogen-bond acceptors (Lipinski definition) is 2. The van der Waals surface area contributed by atoms with Gasteiger partial charge in [0.15, 0.2) is 0 Å². The summed E-state index contributed by atoms with van der Waals surface area (Å²) in [5, 5.41) is 3.20. The van der Waals surface area contributed by atoms with Crippen LogP contribution in [0, 0.1) is 5.82 Å². The molecule has 0 spiro atoms. The molecule has 1 amide bonds. The highest BCUT2D eigenvalue weighted by molar-refractivity contribution is 5.81. The molecule has 1 aromatic rings. The topological polar surface area (TPSA) is 32.3 Å². The molecule has 19 heavy (non-hydrogen) atoms. The van der Waals surface area contributed by atoms with Crippen molar-refractivity contribution >= 4 is 5.91 Å². The highest BCUT2D eigenvalue weighted by Crippen LogP contribution is 2.26. The van der Waals surface area contributed by atoms with Gasteiger partial charge in [-0.15, -0.1) is 0 Å². The SMILES string of the molecule is CCCCC(C)N1C(=O)CNC1c1ccc(F)cc1. The predicted molar refractivity (Wildman–Crippen MR) is 73.0 cm³/mol. The molecule has 3 nitrogen and oxygen atoms in total. The summed E-state index contributed by atoms with van der Waals surface area (Å²) in [7, 11) is 0. The number of rotatable bonds is 5. The Kier molecular flexibility index (Phi) is 4.53. The minimum atomic E-state index is -0.251. The van der Waals surface area contributed by atoms with E-state index in [9.17, 15) is 9.18 Å². The first-order chi connectivity index (χ1) is 9.13. The van der Waals surface area contributed by atoms with E-state index in [0.717, 1.165) is 24.8 Å². The third-order valence-corrected chi connectivity index (χ3v) is 3.65. The molecule has 2 atom stereocenters. The Hall–Kier alpha value is -1.42. The second-order valence-electron chi connectivity index (χ2n) is 5.13. The number of carbonyl (C=O) groups is 1. The summed E-state index contributed by atoms with van der Waals surface area (Å²) in [5.74, 6) is -0.128. The first-order valence-corrected chi connectivity index (χ1v) is 6.93. The lowest BCUT2D eigenvalue weighted by atomic mass is 10.1. The molecular weight excluding hydrogens is 243 g/mol. The van der Waals surface area contributed by atoms with E-state index in [-0.39, 0.29) is 23.9 Å². The van der Waals surface area contributed by atoms with Crippen LogP contribution in [0.1, 0.15) is 44.8 Å². The molecule has 1 aliphatic rings. The molecule has 104 valence electrons. The fourth-order valence-corrected chi connectivity index (χ4v) is 2.58. The molecule has 0 aromatic heterocycles. The number of amides is 1. The quantitative estimate of drug-likeness (QED) is 0.887. The first kappa shape index (κ1) is 14.0.